The van der Waals surface area contributed by atoms with Gasteiger partial charge in [0.15, 0.2) is 6.04 Å². The lowest BCUT2D eigenvalue weighted by Gasteiger charge is -2.16. The second-order valence-electron chi connectivity index (χ2n) is 4.17. The number of nitrogens with one attached hydrogen (secondary N) is 1. The third-order valence-electron chi connectivity index (χ3n) is 2.71. The van der Waals surface area contributed by atoms with Crippen molar-refractivity contribution in [3.05, 3.63) is 57.2 Å². The molecule has 1 aromatic carbocycles. The zero-order valence-electron chi connectivity index (χ0n) is 11.3. The minimum atomic E-state index is -0.852. The van der Waals surface area contributed by atoms with Crippen molar-refractivity contribution in [2.75, 3.05) is 6.61 Å². The van der Waals surface area contributed by atoms with E-state index >= 15 is 0 Å². The predicted octanol–water partition coefficient (Wildman–Crippen LogP) is 3.44. The van der Waals surface area contributed by atoms with E-state index in [1.54, 1.807) is 43.3 Å². The standard InChI is InChI=1S/C15H14ClNO3S/c1-2-20-15(19)13(11-8-9-12(16)21-11)17-14(18)10-6-4-3-5-7-10/h3-9,13H,2H2,1H3,(H,17,18). The van der Waals surface area contributed by atoms with Gasteiger partial charge >= 0.3 is 5.97 Å². The van der Waals surface area contributed by atoms with Gasteiger partial charge in [0, 0.05) is 10.4 Å². The van der Waals surface area contributed by atoms with E-state index in [4.69, 9.17) is 16.3 Å². The van der Waals surface area contributed by atoms with Crippen LogP contribution in [-0.4, -0.2) is 18.5 Å². The first-order valence-electron chi connectivity index (χ1n) is 6.39. The van der Waals surface area contributed by atoms with Gasteiger partial charge in [0.25, 0.3) is 5.91 Å². The summed E-state index contributed by atoms with van der Waals surface area (Å²) in [6.07, 6.45) is 0. The number of rotatable bonds is 5. The molecule has 21 heavy (non-hydrogen) atoms. The van der Waals surface area contributed by atoms with Crippen LogP contribution in [0.25, 0.3) is 0 Å². The van der Waals surface area contributed by atoms with Gasteiger partial charge in [-0.2, -0.15) is 0 Å². The summed E-state index contributed by atoms with van der Waals surface area (Å²) in [7, 11) is 0. The molecule has 0 aliphatic carbocycles. The summed E-state index contributed by atoms with van der Waals surface area (Å²) in [6, 6.07) is 11.2. The van der Waals surface area contributed by atoms with Crippen LogP contribution in [0, 0.1) is 0 Å². The zero-order valence-corrected chi connectivity index (χ0v) is 12.9. The van der Waals surface area contributed by atoms with E-state index in [1.807, 2.05) is 6.07 Å². The molecule has 1 amide bonds. The van der Waals surface area contributed by atoms with Crippen LogP contribution in [-0.2, 0) is 9.53 Å². The normalized spacial score (nSPS) is 11.7. The largest absolute Gasteiger partial charge is 0.464 e. The maximum absolute atomic E-state index is 12.2. The molecule has 1 atom stereocenters. The molecular formula is C15H14ClNO3S. The molecule has 1 heterocycles. The average molecular weight is 324 g/mol. The fraction of sp³-hybridized carbons (Fsp3) is 0.200. The number of amides is 1. The Balaban J connectivity index is 2.20. The molecule has 2 aromatic rings. The van der Waals surface area contributed by atoms with E-state index in [1.165, 1.54) is 11.3 Å². The minimum Gasteiger partial charge on any atom is -0.464 e. The highest BCUT2D eigenvalue weighted by atomic mass is 35.5. The predicted molar refractivity (Wildman–Crippen MR) is 82.6 cm³/mol. The Bertz CT molecular complexity index is 627. The maximum atomic E-state index is 12.2. The first-order valence-corrected chi connectivity index (χ1v) is 7.59. The molecule has 2 rings (SSSR count). The van der Waals surface area contributed by atoms with Crippen molar-refractivity contribution >= 4 is 34.8 Å². The molecule has 4 nitrogen and oxygen atoms in total. The van der Waals surface area contributed by atoms with Gasteiger partial charge in [-0.3, -0.25) is 4.79 Å². The van der Waals surface area contributed by atoms with Gasteiger partial charge in [-0.1, -0.05) is 29.8 Å². The number of esters is 1. The second-order valence-corrected chi connectivity index (χ2v) is 5.91. The van der Waals surface area contributed by atoms with E-state index in [-0.39, 0.29) is 12.5 Å². The Labute approximate surface area is 131 Å². The zero-order chi connectivity index (χ0) is 15.2. The summed E-state index contributed by atoms with van der Waals surface area (Å²) < 4.78 is 5.56. The van der Waals surface area contributed by atoms with Gasteiger partial charge in [0.2, 0.25) is 0 Å². The van der Waals surface area contributed by atoms with Crippen LogP contribution in [0.2, 0.25) is 4.34 Å². The highest BCUT2D eigenvalue weighted by Gasteiger charge is 2.26. The summed E-state index contributed by atoms with van der Waals surface area (Å²) >= 11 is 7.13. The SMILES string of the molecule is CCOC(=O)C(NC(=O)c1ccccc1)c1ccc(Cl)s1. The minimum absolute atomic E-state index is 0.246. The molecule has 1 unspecified atom stereocenters. The molecule has 6 heteroatoms. The smallest absolute Gasteiger partial charge is 0.334 e. The second kappa shape index (κ2) is 7.24. The number of hydrogen-bond donors (Lipinski definition) is 1. The highest BCUT2D eigenvalue weighted by Crippen LogP contribution is 2.28. The summed E-state index contributed by atoms with van der Waals surface area (Å²) in [5.41, 5.74) is 0.481. The van der Waals surface area contributed by atoms with E-state index < -0.39 is 12.0 Å². The van der Waals surface area contributed by atoms with Crippen LogP contribution < -0.4 is 5.32 Å². The molecule has 110 valence electrons. The van der Waals surface area contributed by atoms with Crippen LogP contribution in [0.15, 0.2) is 42.5 Å². The number of carbonyl (C=O) groups is 2. The Hall–Kier alpha value is -1.85. The lowest BCUT2D eigenvalue weighted by Crippen LogP contribution is -2.34. The van der Waals surface area contributed by atoms with Crippen LogP contribution in [0.1, 0.15) is 28.2 Å². The molecule has 0 aliphatic rings. The van der Waals surface area contributed by atoms with Crippen molar-refractivity contribution in [2.45, 2.75) is 13.0 Å². The van der Waals surface area contributed by atoms with Crippen LogP contribution in [0.4, 0.5) is 0 Å². The van der Waals surface area contributed by atoms with Gasteiger partial charge < -0.3 is 10.1 Å². The average Bonchev–Trinajstić information content (AvgIpc) is 2.92. The third-order valence-corrected chi connectivity index (χ3v) is 4.01. The quantitative estimate of drug-likeness (QED) is 0.858. The van der Waals surface area contributed by atoms with Crippen molar-refractivity contribution in [3.63, 3.8) is 0 Å². The molecule has 0 aliphatic heterocycles. The molecule has 0 fully saturated rings. The number of halogens is 1. The summed E-state index contributed by atoms with van der Waals surface area (Å²) in [5.74, 6) is -0.835. The van der Waals surface area contributed by atoms with E-state index in [2.05, 4.69) is 5.32 Å². The first kappa shape index (κ1) is 15.5. The number of hydrogen-bond acceptors (Lipinski definition) is 4. The van der Waals surface area contributed by atoms with Gasteiger partial charge in [-0.15, -0.1) is 11.3 Å². The van der Waals surface area contributed by atoms with E-state index in [0.29, 0.717) is 14.8 Å². The van der Waals surface area contributed by atoms with Crippen molar-refractivity contribution < 1.29 is 14.3 Å². The van der Waals surface area contributed by atoms with Crippen LogP contribution >= 0.6 is 22.9 Å². The Morgan fingerprint density at radius 3 is 2.52 bits per heavy atom. The maximum Gasteiger partial charge on any atom is 0.334 e. The molecule has 0 spiro atoms. The Morgan fingerprint density at radius 1 is 1.24 bits per heavy atom. The topological polar surface area (TPSA) is 55.4 Å². The van der Waals surface area contributed by atoms with Crippen molar-refractivity contribution in [2.24, 2.45) is 0 Å². The summed E-state index contributed by atoms with van der Waals surface area (Å²) in [5, 5.41) is 2.69. The van der Waals surface area contributed by atoms with E-state index in [0.717, 1.165) is 0 Å². The fourth-order valence-electron chi connectivity index (χ4n) is 1.76. The molecule has 0 saturated carbocycles. The van der Waals surface area contributed by atoms with Gasteiger partial charge in [0.1, 0.15) is 0 Å². The molecule has 1 aromatic heterocycles. The third kappa shape index (κ3) is 4.06. The van der Waals surface area contributed by atoms with E-state index in [9.17, 15) is 9.59 Å². The van der Waals surface area contributed by atoms with Gasteiger partial charge in [-0.05, 0) is 31.2 Å². The van der Waals surface area contributed by atoms with Crippen molar-refractivity contribution in [1.82, 2.24) is 5.32 Å². The van der Waals surface area contributed by atoms with Gasteiger partial charge in [0.05, 0.1) is 10.9 Å². The highest BCUT2D eigenvalue weighted by molar-refractivity contribution is 7.16. The number of benzene rings is 1. The molecular weight excluding hydrogens is 310 g/mol. The van der Waals surface area contributed by atoms with Crippen molar-refractivity contribution in [1.29, 1.82) is 0 Å². The molecule has 0 saturated heterocycles. The fourth-order valence-corrected chi connectivity index (χ4v) is 2.86. The molecule has 0 bridgehead atoms. The lowest BCUT2D eigenvalue weighted by molar-refractivity contribution is -0.145. The number of thiophene rings is 1. The molecule has 0 radical (unpaired) electrons. The van der Waals surface area contributed by atoms with Crippen molar-refractivity contribution in [3.8, 4) is 0 Å². The summed E-state index contributed by atoms with van der Waals surface area (Å²) in [4.78, 5) is 24.9. The van der Waals surface area contributed by atoms with Gasteiger partial charge in [-0.25, -0.2) is 4.79 Å². The lowest BCUT2D eigenvalue weighted by atomic mass is 10.2. The first-order chi connectivity index (χ1) is 10.1. The monoisotopic (exact) mass is 323 g/mol. The number of carbonyl (C=O) groups excluding carboxylic acids is 2. The summed E-state index contributed by atoms with van der Waals surface area (Å²) in [6.45, 7) is 1.96. The number of ether oxygens (including phenoxy) is 1. The Morgan fingerprint density at radius 2 is 1.95 bits per heavy atom. The van der Waals surface area contributed by atoms with Crippen LogP contribution in [0.3, 0.4) is 0 Å². The molecule has 1 N–H and O–H groups in total. The van der Waals surface area contributed by atoms with Crippen LogP contribution in [0.5, 0.6) is 0 Å². The Kier molecular flexibility index (Phi) is 5.36.